The number of hydrogen-bond donors (Lipinski definition) is 3. The molecule has 2 aliphatic carbocycles. The standard InChI is InChI=1S/C26H19Br2ClN2O4/c27-15-5-7-18-19-8-6-16(28)11-22(19)26(21(18)10-15,13-30-24(32)33)31(25(34)35)12-20-17-4-2-1-3-14(17)9-23(20)29/h1-8,10-11,30H,9,12-13H2,(H,32,33)(H,34,35). The van der Waals surface area contributed by atoms with Crippen molar-refractivity contribution >= 4 is 61.2 Å². The molecule has 0 aromatic heterocycles. The van der Waals surface area contributed by atoms with Crippen LogP contribution in [0.5, 0.6) is 0 Å². The molecule has 5 rings (SSSR count). The van der Waals surface area contributed by atoms with Gasteiger partial charge in [0.15, 0.2) is 0 Å². The maximum absolute atomic E-state index is 13.0. The van der Waals surface area contributed by atoms with Crippen molar-refractivity contribution in [2.75, 3.05) is 13.1 Å². The Hall–Kier alpha value is -2.81. The molecule has 3 aromatic carbocycles. The Morgan fingerprint density at radius 1 is 0.943 bits per heavy atom. The van der Waals surface area contributed by atoms with Gasteiger partial charge in [-0.05, 0) is 63.2 Å². The SMILES string of the molecule is O=C(O)NCC1(N(CC2=C(Cl)Cc3ccccc32)C(=O)O)c2cc(Br)ccc2-c2ccc(Br)cc21. The van der Waals surface area contributed by atoms with Crippen molar-refractivity contribution < 1.29 is 19.8 Å². The molecule has 0 heterocycles. The van der Waals surface area contributed by atoms with Crippen molar-refractivity contribution in [3.05, 3.63) is 96.9 Å². The maximum atomic E-state index is 13.0. The summed E-state index contributed by atoms with van der Waals surface area (Å²) in [5.41, 5.74) is 4.42. The van der Waals surface area contributed by atoms with E-state index in [0.29, 0.717) is 22.6 Å². The van der Waals surface area contributed by atoms with E-state index in [2.05, 4.69) is 37.2 Å². The normalized spacial score (nSPS) is 14.8. The van der Waals surface area contributed by atoms with Crippen molar-refractivity contribution in [1.29, 1.82) is 0 Å². The number of benzene rings is 3. The Morgan fingerprint density at radius 3 is 2.11 bits per heavy atom. The van der Waals surface area contributed by atoms with Crippen molar-refractivity contribution in [1.82, 2.24) is 10.2 Å². The number of fused-ring (bicyclic) bond motifs is 4. The Kier molecular flexibility index (Phi) is 6.15. The van der Waals surface area contributed by atoms with Gasteiger partial charge in [0.2, 0.25) is 0 Å². The minimum atomic E-state index is -1.33. The molecular weight excluding hydrogens is 600 g/mol. The van der Waals surface area contributed by atoms with E-state index in [1.807, 2.05) is 60.7 Å². The van der Waals surface area contributed by atoms with E-state index >= 15 is 0 Å². The summed E-state index contributed by atoms with van der Waals surface area (Å²) in [6.07, 6.45) is -1.89. The van der Waals surface area contributed by atoms with Crippen LogP contribution in [0.4, 0.5) is 9.59 Å². The second kappa shape index (κ2) is 9.00. The molecule has 0 bridgehead atoms. The van der Waals surface area contributed by atoms with E-state index < -0.39 is 17.7 Å². The lowest BCUT2D eigenvalue weighted by atomic mass is 9.84. The van der Waals surface area contributed by atoms with Crippen LogP contribution in [0.2, 0.25) is 0 Å². The van der Waals surface area contributed by atoms with Crippen molar-refractivity contribution in [2.45, 2.75) is 12.0 Å². The van der Waals surface area contributed by atoms with Crippen LogP contribution in [0.25, 0.3) is 16.7 Å². The molecule has 3 N–H and O–H groups in total. The van der Waals surface area contributed by atoms with Gasteiger partial charge in [0.05, 0.1) is 13.1 Å². The number of rotatable bonds is 5. The third-order valence-electron chi connectivity index (χ3n) is 6.66. The Labute approximate surface area is 223 Å². The minimum Gasteiger partial charge on any atom is -0.465 e. The lowest BCUT2D eigenvalue weighted by Gasteiger charge is -2.41. The van der Waals surface area contributed by atoms with Gasteiger partial charge in [-0.25, -0.2) is 9.59 Å². The number of carboxylic acid groups (broad SMARTS) is 2. The molecule has 0 fully saturated rings. The fourth-order valence-electron chi connectivity index (χ4n) is 5.20. The molecule has 9 heteroatoms. The summed E-state index contributed by atoms with van der Waals surface area (Å²) in [5.74, 6) is 0. The van der Waals surface area contributed by atoms with Gasteiger partial charge in [-0.1, -0.05) is 79.9 Å². The zero-order valence-corrected chi connectivity index (χ0v) is 22.1. The Morgan fingerprint density at radius 2 is 1.54 bits per heavy atom. The monoisotopic (exact) mass is 616 g/mol. The lowest BCUT2D eigenvalue weighted by Crippen LogP contribution is -2.55. The summed E-state index contributed by atoms with van der Waals surface area (Å²) in [6, 6.07) is 19.1. The molecule has 0 spiro atoms. The average molecular weight is 619 g/mol. The second-order valence-electron chi connectivity index (χ2n) is 8.48. The zero-order valence-electron chi connectivity index (χ0n) is 18.2. The minimum absolute atomic E-state index is 0.00954. The van der Waals surface area contributed by atoms with E-state index in [9.17, 15) is 19.8 Å². The van der Waals surface area contributed by atoms with E-state index in [-0.39, 0.29) is 13.1 Å². The number of hydrogen-bond acceptors (Lipinski definition) is 2. The predicted octanol–water partition coefficient (Wildman–Crippen LogP) is 6.89. The molecule has 0 atom stereocenters. The van der Waals surface area contributed by atoms with E-state index in [1.54, 1.807) is 0 Å². The zero-order chi connectivity index (χ0) is 24.9. The molecule has 0 saturated carbocycles. The van der Waals surface area contributed by atoms with E-state index in [0.717, 1.165) is 36.8 Å². The molecule has 3 aromatic rings. The highest BCUT2D eigenvalue weighted by Gasteiger charge is 2.51. The molecule has 0 unspecified atom stereocenters. The summed E-state index contributed by atoms with van der Waals surface area (Å²) >= 11 is 13.7. The van der Waals surface area contributed by atoms with Gasteiger partial charge < -0.3 is 15.5 Å². The van der Waals surface area contributed by atoms with Crippen LogP contribution < -0.4 is 5.32 Å². The highest BCUT2D eigenvalue weighted by molar-refractivity contribution is 9.10. The highest BCUT2D eigenvalue weighted by atomic mass is 79.9. The van der Waals surface area contributed by atoms with Gasteiger partial charge in [0, 0.05) is 20.4 Å². The Bertz CT molecular complexity index is 1370. The van der Waals surface area contributed by atoms with Gasteiger partial charge >= 0.3 is 12.2 Å². The van der Waals surface area contributed by atoms with Crippen molar-refractivity contribution in [2.24, 2.45) is 0 Å². The smallest absolute Gasteiger partial charge is 0.408 e. The maximum Gasteiger partial charge on any atom is 0.408 e. The van der Waals surface area contributed by atoms with Gasteiger partial charge in [-0.3, -0.25) is 4.90 Å². The van der Waals surface area contributed by atoms with E-state index in [4.69, 9.17) is 11.6 Å². The summed E-state index contributed by atoms with van der Waals surface area (Å²) in [4.78, 5) is 26.0. The summed E-state index contributed by atoms with van der Waals surface area (Å²) < 4.78 is 1.52. The second-order valence-corrected chi connectivity index (χ2v) is 10.8. The first-order valence-corrected chi connectivity index (χ1v) is 12.7. The van der Waals surface area contributed by atoms with Gasteiger partial charge in [0.25, 0.3) is 0 Å². The molecule has 178 valence electrons. The van der Waals surface area contributed by atoms with Crippen LogP contribution in [0.15, 0.2) is 74.6 Å². The number of nitrogens with zero attached hydrogens (tertiary/aromatic N) is 1. The van der Waals surface area contributed by atoms with E-state index in [1.165, 1.54) is 4.90 Å². The molecule has 0 radical (unpaired) electrons. The van der Waals surface area contributed by atoms with Crippen LogP contribution in [0.3, 0.4) is 0 Å². The number of allylic oxidation sites excluding steroid dienone is 1. The lowest BCUT2D eigenvalue weighted by molar-refractivity contribution is 0.102. The molecule has 0 aliphatic heterocycles. The molecule has 6 nitrogen and oxygen atoms in total. The molecule has 2 aliphatic rings. The number of amides is 2. The van der Waals surface area contributed by atoms with Gasteiger partial charge in [-0.2, -0.15) is 0 Å². The third kappa shape index (κ3) is 3.93. The fraction of sp³-hybridized carbons (Fsp3) is 0.154. The first-order valence-electron chi connectivity index (χ1n) is 10.8. The third-order valence-corrected chi connectivity index (χ3v) is 8.01. The predicted molar refractivity (Wildman–Crippen MR) is 142 cm³/mol. The average Bonchev–Trinajstić information content (AvgIpc) is 3.27. The van der Waals surface area contributed by atoms with Crippen LogP contribution in [0, 0.1) is 0 Å². The topological polar surface area (TPSA) is 89.9 Å². The highest BCUT2D eigenvalue weighted by Crippen LogP contribution is 2.53. The fourth-order valence-corrected chi connectivity index (χ4v) is 6.22. The molecular formula is C26H19Br2ClN2O4. The summed E-state index contributed by atoms with van der Waals surface area (Å²) in [5, 5.41) is 23.2. The molecule has 35 heavy (non-hydrogen) atoms. The number of halogens is 3. The first-order chi connectivity index (χ1) is 16.7. The summed E-state index contributed by atoms with van der Waals surface area (Å²) in [6.45, 7) is -0.182. The largest absolute Gasteiger partial charge is 0.465 e. The molecule has 0 saturated heterocycles. The first kappa shape index (κ1) is 23.9. The van der Waals surface area contributed by atoms with Crippen LogP contribution in [-0.2, 0) is 12.0 Å². The van der Waals surface area contributed by atoms with Crippen molar-refractivity contribution in [3.63, 3.8) is 0 Å². The van der Waals surface area contributed by atoms with Crippen LogP contribution in [-0.4, -0.2) is 40.4 Å². The summed E-state index contributed by atoms with van der Waals surface area (Å²) in [7, 11) is 0. The number of nitrogens with one attached hydrogen (secondary N) is 1. The Balaban J connectivity index is 1.76. The van der Waals surface area contributed by atoms with Crippen LogP contribution in [0.1, 0.15) is 22.3 Å². The quantitative estimate of drug-likeness (QED) is 0.291. The molecule has 2 amide bonds. The van der Waals surface area contributed by atoms with Crippen LogP contribution >= 0.6 is 43.5 Å². The van der Waals surface area contributed by atoms with Crippen molar-refractivity contribution in [3.8, 4) is 11.1 Å². The number of carbonyl (C=O) groups is 2. The van der Waals surface area contributed by atoms with Gasteiger partial charge in [-0.15, -0.1) is 0 Å². The van der Waals surface area contributed by atoms with Gasteiger partial charge in [0.1, 0.15) is 5.54 Å².